The van der Waals surface area contributed by atoms with Gasteiger partial charge < -0.3 is 5.32 Å². The molecule has 1 N–H and O–H groups in total. The van der Waals surface area contributed by atoms with E-state index in [2.05, 4.69) is 0 Å². The average molecular weight is 421 g/mol. The number of hydrogen-bond acceptors (Lipinski definition) is 3. The van der Waals surface area contributed by atoms with Gasteiger partial charge in [-0.25, -0.2) is 8.42 Å². The van der Waals surface area contributed by atoms with Gasteiger partial charge in [-0.05, 0) is 19.8 Å². The van der Waals surface area contributed by atoms with Gasteiger partial charge in [0.2, 0.25) is 5.91 Å². The summed E-state index contributed by atoms with van der Waals surface area (Å²) in [4.78, 5) is 12.1. The van der Waals surface area contributed by atoms with Crippen LogP contribution in [0, 0.1) is 0 Å². The molecule has 13 heteroatoms. The third-order valence-corrected chi connectivity index (χ3v) is 6.19. The lowest BCUT2D eigenvalue weighted by Gasteiger charge is -2.30. The summed E-state index contributed by atoms with van der Waals surface area (Å²) in [7, 11) is -4.99. The molecule has 0 spiro atoms. The third-order valence-electron chi connectivity index (χ3n) is 3.69. The fourth-order valence-electron chi connectivity index (χ4n) is 1.85. The second-order valence-corrected chi connectivity index (χ2v) is 8.41. The van der Waals surface area contributed by atoms with Crippen LogP contribution in [0.15, 0.2) is 0 Å². The van der Waals surface area contributed by atoms with Crippen LogP contribution in [0.5, 0.6) is 0 Å². The number of carbonyl (C=O) groups is 1. The Balaban J connectivity index is 5.66. The Morgan fingerprint density at radius 2 is 1.42 bits per heavy atom. The van der Waals surface area contributed by atoms with Crippen LogP contribution in [0.3, 0.4) is 0 Å². The van der Waals surface area contributed by atoms with Crippen molar-refractivity contribution in [3.8, 4) is 0 Å². The lowest BCUT2D eigenvalue weighted by atomic mass is 10.00. The van der Waals surface area contributed by atoms with Gasteiger partial charge in [0.15, 0.2) is 9.84 Å². The number of rotatable bonds is 9. The molecule has 0 radical (unpaired) electrons. The van der Waals surface area contributed by atoms with Crippen molar-refractivity contribution in [2.45, 2.75) is 62.6 Å². The summed E-state index contributed by atoms with van der Waals surface area (Å²) in [5.41, 5.74) is 0. The number of hydrogen-bond donors (Lipinski definition) is 1. The van der Waals surface area contributed by atoms with Crippen LogP contribution in [-0.4, -0.2) is 49.6 Å². The maximum Gasteiger partial charge on any atom is 0.453 e. The molecular weight excluding hydrogens is 402 g/mol. The first kappa shape index (κ1) is 24.9. The summed E-state index contributed by atoms with van der Waals surface area (Å²) in [5.74, 6) is -8.32. The molecule has 0 aliphatic heterocycles. The van der Waals surface area contributed by atoms with Crippen LogP contribution in [0.4, 0.5) is 35.1 Å². The Kier molecular flexibility index (Phi) is 7.89. The van der Waals surface area contributed by atoms with Crippen LogP contribution in [0.2, 0.25) is 0 Å². The molecule has 0 heterocycles. The lowest BCUT2D eigenvalue weighted by Crippen LogP contribution is -2.53. The minimum Gasteiger partial charge on any atom is -0.355 e. The van der Waals surface area contributed by atoms with Crippen molar-refractivity contribution < 1.29 is 48.3 Å². The molecule has 26 heavy (non-hydrogen) atoms. The average Bonchev–Trinajstić information content (AvgIpc) is 2.46. The van der Waals surface area contributed by atoms with Gasteiger partial charge in [-0.2, -0.15) is 35.1 Å². The lowest BCUT2D eigenvalue weighted by molar-refractivity contribution is -0.284. The highest BCUT2D eigenvalue weighted by atomic mass is 32.2. The highest BCUT2D eigenvalue weighted by Gasteiger charge is 2.59. The largest absolute Gasteiger partial charge is 0.453 e. The van der Waals surface area contributed by atoms with E-state index in [0.29, 0.717) is 6.92 Å². The normalized spacial score (nSPS) is 16.2. The molecule has 1 unspecified atom stereocenters. The van der Waals surface area contributed by atoms with Crippen molar-refractivity contribution >= 4 is 15.7 Å². The SMILES string of the molecule is CCCNC(=O)C(C)(CCC(F)(F)C(F)(F)F)S(=O)(=O)CCC(F)(F)F. The molecule has 0 aromatic carbocycles. The molecule has 0 saturated heterocycles. The highest BCUT2D eigenvalue weighted by Crippen LogP contribution is 2.41. The fourth-order valence-corrected chi connectivity index (χ4v) is 3.57. The minimum atomic E-state index is -5.98. The topological polar surface area (TPSA) is 63.2 Å². The number of halogens is 8. The summed E-state index contributed by atoms with van der Waals surface area (Å²) < 4.78 is 121. The van der Waals surface area contributed by atoms with Gasteiger partial charge in [0.25, 0.3) is 0 Å². The quantitative estimate of drug-likeness (QED) is 0.579. The molecule has 0 aromatic heterocycles. The van der Waals surface area contributed by atoms with Crippen LogP contribution in [0.1, 0.15) is 39.5 Å². The van der Waals surface area contributed by atoms with Gasteiger partial charge in [0, 0.05) is 13.0 Å². The summed E-state index contributed by atoms with van der Waals surface area (Å²) in [6.07, 6.45) is -16.0. The van der Waals surface area contributed by atoms with Crippen LogP contribution in [0.25, 0.3) is 0 Å². The van der Waals surface area contributed by atoms with Crippen LogP contribution >= 0.6 is 0 Å². The zero-order valence-corrected chi connectivity index (χ0v) is 14.7. The summed E-state index contributed by atoms with van der Waals surface area (Å²) in [5, 5.41) is 2.03. The number of nitrogens with one attached hydrogen (secondary N) is 1. The van der Waals surface area contributed by atoms with E-state index in [0.717, 1.165) is 0 Å². The van der Waals surface area contributed by atoms with E-state index >= 15 is 0 Å². The maximum atomic E-state index is 13.1. The Labute approximate surface area is 145 Å². The molecule has 0 aliphatic carbocycles. The first-order valence-electron chi connectivity index (χ1n) is 7.41. The van der Waals surface area contributed by atoms with E-state index in [9.17, 15) is 48.3 Å². The van der Waals surface area contributed by atoms with Gasteiger partial charge >= 0.3 is 18.3 Å². The van der Waals surface area contributed by atoms with Crippen molar-refractivity contribution in [2.75, 3.05) is 12.3 Å². The summed E-state index contributed by atoms with van der Waals surface area (Å²) in [6, 6.07) is 0. The Morgan fingerprint density at radius 3 is 1.81 bits per heavy atom. The van der Waals surface area contributed by atoms with Crippen molar-refractivity contribution in [2.24, 2.45) is 0 Å². The Hall–Kier alpha value is -1.14. The van der Waals surface area contributed by atoms with E-state index in [1.54, 1.807) is 6.92 Å². The molecule has 0 aliphatic rings. The van der Waals surface area contributed by atoms with E-state index in [4.69, 9.17) is 0 Å². The van der Waals surface area contributed by atoms with E-state index in [1.165, 1.54) is 0 Å². The van der Waals surface area contributed by atoms with Gasteiger partial charge in [-0.1, -0.05) is 6.92 Å². The highest BCUT2D eigenvalue weighted by molar-refractivity contribution is 7.93. The molecule has 0 aromatic rings. The van der Waals surface area contributed by atoms with Crippen molar-refractivity contribution in [3.05, 3.63) is 0 Å². The molecule has 1 amide bonds. The smallest absolute Gasteiger partial charge is 0.355 e. The molecule has 0 fully saturated rings. The number of amides is 1. The summed E-state index contributed by atoms with van der Waals surface area (Å²) in [6.45, 7) is 1.97. The molecule has 0 saturated carbocycles. The first-order chi connectivity index (χ1) is 11.4. The molecule has 0 rings (SSSR count). The predicted octanol–water partition coefficient (Wildman–Crippen LogP) is 3.62. The molecule has 4 nitrogen and oxygen atoms in total. The Bertz CT molecular complexity index is 585. The fraction of sp³-hybridized carbons (Fsp3) is 0.923. The summed E-state index contributed by atoms with van der Waals surface area (Å²) >= 11 is 0. The van der Waals surface area contributed by atoms with E-state index < -0.39 is 63.8 Å². The molecule has 156 valence electrons. The van der Waals surface area contributed by atoms with Gasteiger partial charge in [-0.3, -0.25) is 4.79 Å². The van der Waals surface area contributed by atoms with Gasteiger partial charge in [0.1, 0.15) is 4.75 Å². The Morgan fingerprint density at radius 1 is 0.923 bits per heavy atom. The maximum absolute atomic E-state index is 13.1. The minimum absolute atomic E-state index is 0.126. The molecule has 1 atom stereocenters. The second-order valence-electron chi connectivity index (χ2n) is 5.87. The number of carbonyl (C=O) groups excluding carboxylic acids is 1. The zero-order chi connectivity index (χ0) is 21.0. The van der Waals surface area contributed by atoms with Crippen molar-refractivity contribution in [1.82, 2.24) is 5.32 Å². The monoisotopic (exact) mass is 421 g/mol. The van der Waals surface area contributed by atoms with Crippen molar-refractivity contribution in [3.63, 3.8) is 0 Å². The van der Waals surface area contributed by atoms with E-state index in [1.807, 2.05) is 5.32 Å². The zero-order valence-electron chi connectivity index (χ0n) is 13.9. The van der Waals surface area contributed by atoms with E-state index in [-0.39, 0.29) is 13.0 Å². The number of sulfone groups is 1. The van der Waals surface area contributed by atoms with Crippen LogP contribution in [-0.2, 0) is 14.6 Å². The van der Waals surface area contributed by atoms with Gasteiger partial charge in [0.05, 0.1) is 12.2 Å². The first-order valence-corrected chi connectivity index (χ1v) is 9.07. The van der Waals surface area contributed by atoms with Crippen molar-refractivity contribution in [1.29, 1.82) is 0 Å². The standard InChI is InChI=1S/C13H19F8NO3S/c1-3-7-22-9(23)10(2,4-5-11(14,15)13(19,20)21)26(24,25)8-6-12(16,17)18/h3-8H2,1-2H3,(H,22,23). The second kappa shape index (κ2) is 8.26. The molecule has 0 bridgehead atoms. The molecular formula is C13H19F8NO3S. The third kappa shape index (κ3) is 6.54. The predicted molar refractivity (Wildman–Crippen MR) is 76.4 cm³/mol. The number of alkyl halides is 8. The van der Waals surface area contributed by atoms with Crippen LogP contribution < -0.4 is 5.32 Å². The van der Waals surface area contributed by atoms with Gasteiger partial charge in [-0.15, -0.1) is 0 Å².